The largest absolute Gasteiger partial charge is 0.463 e. The fourth-order valence-corrected chi connectivity index (χ4v) is 3.98. The van der Waals surface area contributed by atoms with E-state index in [1.807, 2.05) is 38.1 Å². The number of carbonyl (C=O) groups excluding carboxylic acids is 1. The molecule has 4 rings (SSSR count). The Morgan fingerprint density at radius 1 is 0.732 bits per heavy atom. The molecule has 0 aliphatic carbocycles. The molecule has 41 heavy (non-hydrogen) atoms. The fourth-order valence-electron chi connectivity index (χ4n) is 3.98. The van der Waals surface area contributed by atoms with Crippen LogP contribution in [-0.2, 0) is 15.7 Å². The van der Waals surface area contributed by atoms with Gasteiger partial charge in [-0.2, -0.15) is 13.2 Å². The van der Waals surface area contributed by atoms with Crippen molar-refractivity contribution in [2.24, 2.45) is 0 Å². The molecule has 212 valence electrons. The molecule has 4 aromatic carbocycles. The molecular formula is C33H29F3O5. The standard InChI is InChI=1S/C33H29F3O5/c1-5-38-32(37)15-11-24-10-13-26(18-23(24)4)39-27-16-21(2)17-28(20-27)40-30-14-12-25(33(34,35)36)19-31(30)41-29-9-7-6-8-22(29)3/h6-20H,5H2,1-4H3. The summed E-state index contributed by atoms with van der Waals surface area (Å²) < 4.78 is 63.4. The van der Waals surface area contributed by atoms with Gasteiger partial charge in [-0.15, -0.1) is 0 Å². The Morgan fingerprint density at radius 2 is 1.46 bits per heavy atom. The second kappa shape index (κ2) is 12.6. The van der Waals surface area contributed by atoms with E-state index < -0.39 is 17.7 Å². The first-order chi connectivity index (χ1) is 19.5. The Labute approximate surface area is 236 Å². The molecule has 0 atom stereocenters. The highest BCUT2D eigenvalue weighted by molar-refractivity contribution is 5.87. The van der Waals surface area contributed by atoms with E-state index in [1.54, 1.807) is 56.3 Å². The highest BCUT2D eigenvalue weighted by atomic mass is 19.4. The Bertz CT molecular complexity index is 1570. The quantitative estimate of drug-likeness (QED) is 0.150. The topological polar surface area (TPSA) is 54.0 Å². The van der Waals surface area contributed by atoms with E-state index in [9.17, 15) is 18.0 Å². The van der Waals surface area contributed by atoms with Crippen molar-refractivity contribution in [2.45, 2.75) is 33.9 Å². The Balaban J connectivity index is 1.59. The minimum Gasteiger partial charge on any atom is -0.463 e. The molecule has 0 saturated carbocycles. The molecular weight excluding hydrogens is 533 g/mol. The Kier molecular flexibility index (Phi) is 9.02. The first-order valence-corrected chi connectivity index (χ1v) is 12.9. The number of alkyl halides is 3. The van der Waals surface area contributed by atoms with Gasteiger partial charge in [0.15, 0.2) is 11.5 Å². The number of aryl methyl sites for hydroxylation is 3. The zero-order chi connectivity index (χ0) is 29.6. The lowest BCUT2D eigenvalue weighted by Gasteiger charge is -2.17. The van der Waals surface area contributed by atoms with Gasteiger partial charge < -0.3 is 18.9 Å². The van der Waals surface area contributed by atoms with Gasteiger partial charge in [0.1, 0.15) is 23.0 Å². The molecule has 0 aromatic heterocycles. The molecule has 0 amide bonds. The summed E-state index contributed by atoms with van der Waals surface area (Å²) >= 11 is 0. The number of rotatable bonds is 9. The van der Waals surface area contributed by atoms with Crippen LogP contribution in [0.4, 0.5) is 13.2 Å². The van der Waals surface area contributed by atoms with Crippen molar-refractivity contribution >= 4 is 12.0 Å². The highest BCUT2D eigenvalue weighted by Gasteiger charge is 2.32. The molecule has 0 radical (unpaired) electrons. The summed E-state index contributed by atoms with van der Waals surface area (Å²) in [4.78, 5) is 11.6. The van der Waals surface area contributed by atoms with E-state index in [4.69, 9.17) is 18.9 Å². The van der Waals surface area contributed by atoms with Gasteiger partial charge in [-0.3, -0.25) is 0 Å². The summed E-state index contributed by atoms with van der Waals surface area (Å²) in [6, 6.07) is 20.8. The number of carbonyl (C=O) groups is 1. The van der Waals surface area contributed by atoms with Gasteiger partial charge in [-0.1, -0.05) is 24.3 Å². The van der Waals surface area contributed by atoms with Crippen molar-refractivity contribution in [3.63, 3.8) is 0 Å². The summed E-state index contributed by atoms with van der Waals surface area (Å²) in [5, 5.41) is 0. The molecule has 0 fully saturated rings. The number of halogens is 3. The second-order valence-electron chi connectivity index (χ2n) is 9.32. The number of benzene rings is 4. The molecule has 0 bridgehead atoms. The molecule has 0 aliphatic heterocycles. The lowest BCUT2D eigenvalue weighted by Crippen LogP contribution is -2.05. The van der Waals surface area contributed by atoms with E-state index in [0.29, 0.717) is 29.6 Å². The molecule has 0 N–H and O–H groups in total. The zero-order valence-corrected chi connectivity index (χ0v) is 23.0. The molecule has 0 heterocycles. The summed E-state index contributed by atoms with van der Waals surface area (Å²) in [5.41, 5.74) is 2.45. The van der Waals surface area contributed by atoms with Crippen molar-refractivity contribution < 1.29 is 36.9 Å². The monoisotopic (exact) mass is 562 g/mol. The van der Waals surface area contributed by atoms with E-state index in [-0.39, 0.29) is 11.5 Å². The maximum atomic E-state index is 13.5. The Morgan fingerprint density at radius 3 is 2.15 bits per heavy atom. The predicted molar refractivity (Wildman–Crippen MR) is 151 cm³/mol. The number of para-hydroxylation sites is 1. The first-order valence-electron chi connectivity index (χ1n) is 12.9. The molecule has 0 aliphatic rings. The van der Waals surface area contributed by atoms with Crippen molar-refractivity contribution in [2.75, 3.05) is 6.61 Å². The Hall–Kier alpha value is -4.72. The summed E-state index contributed by atoms with van der Waals surface area (Å²) in [7, 11) is 0. The summed E-state index contributed by atoms with van der Waals surface area (Å²) in [6.45, 7) is 7.59. The fraction of sp³-hybridized carbons (Fsp3) is 0.182. The van der Waals surface area contributed by atoms with Gasteiger partial charge in [-0.05, 0) is 105 Å². The molecule has 4 aromatic rings. The lowest BCUT2D eigenvalue weighted by molar-refractivity contribution is -0.138. The summed E-state index contributed by atoms with van der Waals surface area (Å²) in [6.07, 6.45) is -1.50. The first kappa shape index (κ1) is 29.3. The van der Waals surface area contributed by atoms with Crippen LogP contribution in [0.1, 0.15) is 34.7 Å². The number of ether oxygens (including phenoxy) is 4. The van der Waals surface area contributed by atoms with Gasteiger partial charge in [0.2, 0.25) is 0 Å². The van der Waals surface area contributed by atoms with Gasteiger partial charge >= 0.3 is 12.1 Å². The average molecular weight is 563 g/mol. The number of esters is 1. The van der Waals surface area contributed by atoms with Crippen LogP contribution in [0.5, 0.6) is 34.5 Å². The molecule has 0 saturated heterocycles. The van der Waals surface area contributed by atoms with Crippen molar-refractivity contribution in [3.05, 3.63) is 113 Å². The van der Waals surface area contributed by atoms with Crippen LogP contribution in [0.3, 0.4) is 0 Å². The minimum atomic E-state index is -4.55. The van der Waals surface area contributed by atoms with Crippen LogP contribution in [0.2, 0.25) is 0 Å². The maximum absolute atomic E-state index is 13.5. The lowest BCUT2D eigenvalue weighted by atomic mass is 10.1. The van der Waals surface area contributed by atoms with Gasteiger partial charge in [-0.25, -0.2) is 4.79 Å². The summed E-state index contributed by atoms with van der Waals surface area (Å²) in [5.74, 6) is 1.44. The third kappa shape index (κ3) is 7.91. The number of hydrogen-bond acceptors (Lipinski definition) is 5. The molecule has 0 spiro atoms. The zero-order valence-electron chi connectivity index (χ0n) is 23.0. The van der Waals surface area contributed by atoms with E-state index in [2.05, 4.69) is 0 Å². The van der Waals surface area contributed by atoms with Gasteiger partial charge in [0.05, 0.1) is 12.2 Å². The molecule has 8 heteroatoms. The third-order valence-electron chi connectivity index (χ3n) is 6.00. The van der Waals surface area contributed by atoms with Gasteiger partial charge in [0.25, 0.3) is 0 Å². The van der Waals surface area contributed by atoms with Crippen LogP contribution in [0, 0.1) is 20.8 Å². The van der Waals surface area contributed by atoms with E-state index in [0.717, 1.165) is 34.4 Å². The van der Waals surface area contributed by atoms with Crippen LogP contribution in [0.25, 0.3) is 6.08 Å². The highest BCUT2D eigenvalue weighted by Crippen LogP contribution is 2.41. The van der Waals surface area contributed by atoms with Crippen LogP contribution in [0.15, 0.2) is 84.9 Å². The SMILES string of the molecule is CCOC(=O)C=Cc1ccc(Oc2cc(C)cc(Oc3ccc(C(F)(F)F)cc3Oc3ccccc3C)c2)cc1C. The van der Waals surface area contributed by atoms with Crippen molar-refractivity contribution in [3.8, 4) is 34.5 Å². The van der Waals surface area contributed by atoms with Crippen LogP contribution in [-0.4, -0.2) is 12.6 Å². The van der Waals surface area contributed by atoms with E-state index >= 15 is 0 Å². The van der Waals surface area contributed by atoms with Crippen LogP contribution < -0.4 is 14.2 Å². The van der Waals surface area contributed by atoms with E-state index in [1.165, 1.54) is 12.1 Å². The minimum absolute atomic E-state index is 0.0693. The maximum Gasteiger partial charge on any atom is 0.416 e. The van der Waals surface area contributed by atoms with Gasteiger partial charge in [0, 0.05) is 12.1 Å². The van der Waals surface area contributed by atoms with Crippen molar-refractivity contribution in [1.82, 2.24) is 0 Å². The normalized spacial score (nSPS) is 11.4. The molecule has 0 unspecified atom stereocenters. The van der Waals surface area contributed by atoms with Crippen LogP contribution >= 0.6 is 0 Å². The van der Waals surface area contributed by atoms with Crippen molar-refractivity contribution in [1.29, 1.82) is 0 Å². The smallest absolute Gasteiger partial charge is 0.416 e. The number of hydrogen-bond donors (Lipinski definition) is 0. The predicted octanol–water partition coefficient (Wildman–Crippen LogP) is 9.58. The second-order valence-corrected chi connectivity index (χ2v) is 9.32. The average Bonchev–Trinajstić information content (AvgIpc) is 2.90. The third-order valence-corrected chi connectivity index (χ3v) is 6.00. The molecule has 5 nitrogen and oxygen atoms in total.